The molecule has 0 radical (unpaired) electrons. The quantitative estimate of drug-likeness (QED) is 0.527. The lowest BCUT2D eigenvalue weighted by Gasteiger charge is -2.25. The first-order chi connectivity index (χ1) is 15.3. The summed E-state index contributed by atoms with van der Waals surface area (Å²) in [4.78, 5) is 37.9. The molecule has 8 heteroatoms. The summed E-state index contributed by atoms with van der Waals surface area (Å²) >= 11 is 0. The van der Waals surface area contributed by atoms with Crippen molar-refractivity contribution < 1.29 is 19.8 Å². The van der Waals surface area contributed by atoms with Gasteiger partial charge in [0.2, 0.25) is 0 Å². The number of amides is 2. The fourth-order valence-corrected chi connectivity index (χ4v) is 3.41. The summed E-state index contributed by atoms with van der Waals surface area (Å²) in [5.74, 6) is -1.37. The van der Waals surface area contributed by atoms with Gasteiger partial charge in [0.1, 0.15) is 5.75 Å². The zero-order chi connectivity index (χ0) is 23.3. The largest absolute Gasteiger partial charge is 0.505 e. The van der Waals surface area contributed by atoms with Crippen molar-refractivity contribution in [2.45, 2.75) is 19.8 Å². The van der Waals surface area contributed by atoms with Crippen LogP contribution in [0.2, 0.25) is 0 Å². The van der Waals surface area contributed by atoms with Gasteiger partial charge in [0.25, 0.3) is 5.56 Å². The van der Waals surface area contributed by atoms with Crippen LogP contribution >= 0.6 is 0 Å². The van der Waals surface area contributed by atoms with E-state index in [-0.39, 0.29) is 24.4 Å². The third-order valence-corrected chi connectivity index (χ3v) is 4.97. The van der Waals surface area contributed by atoms with E-state index in [0.717, 1.165) is 16.0 Å². The Morgan fingerprint density at radius 2 is 1.75 bits per heavy atom. The normalized spacial score (nSPS) is 10.6. The lowest BCUT2D eigenvalue weighted by molar-refractivity contribution is -0.136. The minimum absolute atomic E-state index is 0.124. The highest BCUT2D eigenvalue weighted by Gasteiger charge is 2.26. The van der Waals surface area contributed by atoms with E-state index in [9.17, 15) is 19.5 Å². The number of carboxylic acid groups (broad SMARTS) is 1. The summed E-state index contributed by atoms with van der Waals surface area (Å²) in [6, 6.07) is 16.2. The maximum absolute atomic E-state index is 13.1. The maximum atomic E-state index is 13.1. The van der Waals surface area contributed by atoms with Gasteiger partial charge in [-0.2, -0.15) is 0 Å². The Balaban J connectivity index is 2.06. The number of hydrogen-bond donors (Lipinski definition) is 3. The number of carbonyl (C=O) groups is 2. The van der Waals surface area contributed by atoms with Crippen molar-refractivity contribution in [2.75, 3.05) is 11.4 Å². The molecule has 0 aliphatic rings. The van der Waals surface area contributed by atoms with Crippen LogP contribution in [0.1, 0.15) is 23.1 Å². The van der Waals surface area contributed by atoms with Crippen LogP contribution in [-0.4, -0.2) is 33.3 Å². The van der Waals surface area contributed by atoms with E-state index >= 15 is 0 Å². The molecule has 0 aliphatic carbocycles. The number of anilines is 2. The first-order valence-electron chi connectivity index (χ1n) is 10.1. The molecule has 0 saturated heterocycles. The van der Waals surface area contributed by atoms with E-state index in [1.165, 1.54) is 17.8 Å². The predicted octanol–water partition coefficient (Wildman–Crippen LogP) is 3.31. The highest BCUT2D eigenvalue weighted by Crippen LogP contribution is 2.33. The van der Waals surface area contributed by atoms with E-state index in [2.05, 4.69) is 5.32 Å². The number of hydrogen-bond acceptors (Lipinski definition) is 4. The molecule has 0 saturated carbocycles. The molecule has 0 aliphatic heterocycles. The summed E-state index contributed by atoms with van der Waals surface area (Å²) in [7, 11) is 1.53. The number of aromatic hydroxyl groups is 1. The van der Waals surface area contributed by atoms with Crippen LogP contribution in [0.4, 0.5) is 16.2 Å². The van der Waals surface area contributed by atoms with Gasteiger partial charge in [-0.3, -0.25) is 14.5 Å². The van der Waals surface area contributed by atoms with Crippen LogP contribution in [0.15, 0.2) is 65.6 Å². The summed E-state index contributed by atoms with van der Waals surface area (Å²) in [6.07, 6.45) is 1.82. The standard InChI is InChI=1S/C24H25N3O5/c1-16-15-26(2)23(31)21(22(16)30)27(24(32)25-12-11-20(28)29)19-10-6-9-18(14-19)13-17-7-4-3-5-8-17/h3-10,14-15,30H,11-13H2,1-2H3,(H,25,32)(H,28,29). The Labute approximate surface area is 185 Å². The molecular formula is C24H25N3O5. The Morgan fingerprint density at radius 3 is 2.44 bits per heavy atom. The van der Waals surface area contributed by atoms with Gasteiger partial charge >= 0.3 is 12.0 Å². The summed E-state index contributed by atoms with van der Waals surface area (Å²) in [5.41, 5.74) is 2.03. The second-order valence-corrected chi connectivity index (χ2v) is 7.47. The first-order valence-corrected chi connectivity index (χ1v) is 10.1. The average Bonchev–Trinajstić information content (AvgIpc) is 2.76. The van der Waals surface area contributed by atoms with Gasteiger partial charge in [-0.1, -0.05) is 42.5 Å². The number of pyridine rings is 1. The number of nitrogens with one attached hydrogen (secondary N) is 1. The lowest BCUT2D eigenvalue weighted by Crippen LogP contribution is -2.41. The number of rotatable bonds is 7. The number of aromatic nitrogens is 1. The zero-order valence-electron chi connectivity index (χ0n) is 17.9. The molecule has 1 aromatic heterocycles. The number of aryl methyl sites for hydroxylation is 2. The van der Waals surface area contributed by atoms with Crippen LogP contribution in [0.5, 0.6) is 5.75 Å². The van der Waals surface area contributed by atoms with Crippen LogP contribution in [0.25, 0.3) is 0 Å². The number of aliphatic carboxylic acids is 1. The molecule has 3 rings (SSSR count). The van der Waals surface area contributed by atoms with Gasteiger partial charge in [0.05, 0.1) is 12.1 Å². The van der Waals surface area contributed by atoms with Crippen molar-refractivity contribution in [3.8, 4) is 5.75 Å². The molecule has 32 heavy (non-hydrogen) atoms. The SMILES string of the molecule is Cc1cn(C)c(=O)c(N(C(=O)NCCC(=O)O)c2cccc(Cc3ccccc3)c2)c1O. The molecule has 1 heterocycles. The maximum Gasteiger partial charge on any atom is 0.326 e. The monoisotopic (exact) mass is 435 g/mol. The highest BCUT2D eigenvalue weighted by molar-refractivity contribution is 6.01. The first kappa shape index (κ1) is 22.6. The van der Waals surface area contributed by atoms with Crippen molar-refractivity contribution in [3.05, 3.63) is 87.8 Å². The summed E-state index contributed by atoms with van der Waals surface area (Å²) < 4.78 is 1.29. The third kappa shape index (κ3) is 5.15. The van der Waals surface area contributed by atoms with Gasteiger partial charge in [-0.05, 0) is 36.6 Å². The fourth-order valence-electron chi connectivity index (χ4n) is 3.41. The van der Waals surface area contributed by atoms with Crippen molar-refractivity contribution in [1.29, 1.82) is 0 Å². The topological polar surface area (TPSA) is 112 Å². The molecule has 8 nitrogen and oxygen atoms in total. The van der Waals surface area contributed by atoms with Crippen molar-refractivity contribution >= 4 is 23.4 Å². The van der Waals surface area contributed by atoms with Crippen LogP contribution in [-0.2, 0) is 18.3 Å². The van der Waals surface area contributed by atoms with E-state index < -0.39 is 17.6 Å². The molecule has 3 N–H and O–H groups in total. The van der Waals surface area contributed by atoms with Gasteiger partial charge in [0.15, 0.2) is 5.69 Å². The molecule has 0 bridgehead atoms. The second-order valence-electron chi connectivity index (χ2n) is 7.47. The molecular weight excluding hydrogens is 410 g/mol. The number of nitrogens with zero attached hydrogens (tertiary/aromatic N) is 2. The zero-order valence-corrected chi connectivity index (χ0v) is 17.9. The summed E-state index contributed by atoms with van der Waals surface area (Å²) in [6.45, 7) is 1.51. The Bertz CT molecular complexity index is 1190. The van der Waals surface area contributed by atoms with Gasteiger partial charge in [0, 0.05) is 25.4 Å². The second kappa shape index (κ2) is 9.82. The minimum atomic E-state index is -1.06. The van der Waals surface area contributed by atoms with Crippen molar-refractivity contribution in [1.82, 2.24) is 9.88 Å². The van der Waals surface area contributed by atoms with E-state index in [1.54, 1.807) is 25.1 Å². The number of carboxylic acids is 1. The number of carbonyl (C=O) groups excluding carboxylic acids is 1. The fraction of sp³-hybridized carbons (Fsp3) is 0.208. The van der Waals surface area contributed by atoms with Gasteiger partial charge in [-0.25, -0.2) is 4.79 Å². The molecule has 2 aromatic carbocycles. The Morgan fingerprint density at radius 1 is 1.06 bits per heavy atom. The molecule has 2 amide bonds. The van der Waals surface area contributed by atoms with E-state index in [0.29, 0.717) is 17.7 Å². The lowest BCUT2D eigenvalue weighted by atomic mass is 10.0. The molecule has 0 atom stereocenters. The molecule has 166 valence electrons. The van der Waals surface area contributed by atoms with Crippen LogP contribution in [0, 0.1) is 6.92 Å². The van der Waals surface area contributed by atoms with Gasteiger partial charge in [-0.15, -0.1) is 0 Å². The molecule has 3 aromatic rings. The van der Waals surface area contributed by atoms with Gasteiger partial charge < -0.3 is 20.1 Å². The smallest absolute Gasteiger partial charge is 0.326 e. The van der Waals surface area contributed by atoms with E-state index in [4.69, 9.17) is 5.11 Å². The number of urea groups is 1. The van der Waals surface area contributed by atoms with Crippen LogP contribution < -0.4 is 15.8 Å². The third-order valence-electron chi connectivity index (χ3n) is 4.97. The van der Waals surface area contributed by atoms with E-state index in [1.807, 2.05) is 36.4 Å². The molecule has 0 spiro atoms. The van der Waals surface area contributed by atoms with Crippen molar-refractivity contribution in [2.24, 2.45) is 7.05 Å². The molecule has 0 unspecified atom stereocenters. The minimum Gasteiger partial charge on any atom is -0.505 e. The molecule has 0 fully saturated rings. The van der Waals surface area contributed by atoms with Crippen LogP contribution in [0.3, 0.4) is 0 Å². The summed E-state index contributed by atoms with van der Waals surface area (Å²) in [5, 5.41) is 22.1. The van der Waals surface area contributed by atoms with Crippen molar-refractivity contribution in [3.63, 3.8) is 0 Å². The highest BCUT2D eigenvalue weighted by atomic mass is 16.4. The Kier molecular flexibility index (Phi) is 6.94. The number of benzene rings is 2. The average molecular weight is 435 g/mol. The predicted molar refractivity (Wildman–Crippen MR) is 122 cm³/mol. The Hall–Kier alpha value is -4.07.